The second kappa shape index (κ2) is 13.0. The normalized spacial score (nSPS) is 18.9. The molecule has 0 aliphatic carbocycles. The Morgan fingerprint density at radius 2 is 1.57 bits per heavy atom. The Morgan fingerprint density at radius 1 is 0.809 bits per heavy atom. The fraction of sp³-hybridized carbons (Fsp3) is 0.306. The van der Waals surface area contributed by atoms with E-state index in [-0.39, 0.29) is 40.3 Å². The van der Waals surface area contributed by atoms with Crippen LogP contribution >= 0.6 is 23.2 Å². The molecule has 0 radical (unpaired) electrons. The van der Waals surface area contributed by atoms with Crippen LogP contribution in [0.1, 0.15) is 34.0 Å². The molecule has 3 aliphatic rings. The highest BCUT2D eigenvalue weighted by Crippen LogP contribution is 2.39. The number of benzene rings is 3. The van der Waals surface area contributed by atoms with Crippen LogP contribution < -0.4 is 20.7 Å². The topological polar surface area (TPSA) is 77.9 Å². The Labute approximate surface area is 282 Å². The lowest BCUT2D eigenvalue weighted by Gasteiger charge is -2.44. The summed E-state index contributed by atoms with van der Waals surface area (Å²) in [6, 6.07) is 22.9. The molecule has 1 aromatic heterocycles. The Kier molecular flexibility index (Phi) is 8.68. The van der Waals surface area contributed by atoms with E-state index in [0.717, 1.165) is 23.5 Å². The summed E-state index contributed by atoms with van der Waals surface area (Å²) in [6.45, 7) is 4.30. The SMILES string of the molecule is O=C(Cc1c(F)cccc1Cl)Nc1cc(C(=O)N2CCN(c3ccccc3Cl)CC2)ccc1N1C[C@H]2C[C@@H](C1)c1cccc(=O)n1C2. The molecule has 0 unspecified atom stereocenters. The van der Waals surface area contributed by atoms with Crippen LogP contribution in [-0.2, 0) is 17.8 Å². The number of para-hydroxylation sites is 1. The summed E-state index contributed by atoms with van der Waals surface area (Å²) in [4.78, 5) is 46.0. The lowest BCUT2D eigenvalue weighted by atomic mass is 9.83. The van der Waals surface area contributed by atoms with Gasteiger partial charge in [-0.3, -0.25) is 14.4 Å². The van der Waals surface area contributed by atoms with Gasteiger partial charge in [-0.15, -0.1) is 0 Å². The van der Waals surface area contributed by atoms with Gasteiger partial charge in [0.05, 0.1) is 28.5 Å². The quantitative estimate of drug-likeness (QED) is 0.269. The van der Waals surface area contributed by atoms with E-state index in [1.807, 2.05) is 58.0 Å². The number of piperidine rings is 1. The van der Waals surface area contributed by atoms with E-state index < -0.39 is 11.7 Å². The number of aromatic nitrogens is 1. The highest BCUT2D eigenvalue weighted by molar-refractivity contribution is 6.33. The molecule has 8 nitrogen and oxygen atoms in total. The average Bonchev–Trinajstić information content (AvgIpc) is 3.07. The first kappa shape index (κ1) is 31.3. The van der Waals surface area contributed by atoms with Gasteiger partial charge in [-0.05, 0) is 60.9 Å². The maximum atomic E-state index is 14.6. The van der Waals surface area contributed by atoms with Crippen molar-refractivity contribution in [2.24, 2.45) is 5.92 Å². The van der Waals surface area contributed by atoms with E-state index in [0.29, 0.717) is 62.1 Å². The van der Waals surface area contributed by atoms with E-state index in [4.69, 9.17) is 23.2 Å². The van der Waals surface area contributed by atoms with Crippen molar-refractivity contribution in [3.05, 3.63) is 122 Å². The molecular formula is C36H34Cl2FN5O3. The van der Waals surface area contributed by atoms with Gasteiger partial charge >= 0.3 is 0 Å². The number of pyridine rings is 1. The minimum absolute atomic E-state index is 0.0148. The Morgan fingerprint density at radius 3 is 2.36 bits per heavy atom. The lowest BCUT2D eigenvalue weighted by molar-refractivity contribution is -0.115. The molecule has 4 aromatic rings. The molecule has 4 heterocycles. The fourth-order valence-corrected chi connectivity index (χ4v) is 7.72. The monoisotopic (exact) mass is 673 g/mol. The number of nitrogens with zero attached hydrogens (tertiary/aromatic N) is 4. The number of carbonyl (C=O) groups excluding carboxylic acids is 2. The molecule has 0 saturated carbocycles. The van der Waals surface area contributed by atoms with Crippen molar-refractivity contribution >= 4 is 52.1 Å². The van der Waals surface area contributed by atoms with E-state index in [1.165, 1.54) is 12.1 Å². The van der Waals surface area contributed by atoms with Gasteiger partial charge in [0, 0.05) is 79.6 Å². The van der Waals surface area contributed by atoms with Gasteiger partial charge in [-0.2, -0.15) is 0 Å². The third kappa shape index (κ3) is 6.34. The number of halogens is 3. The molecule has 2 amide bonds. The van der Waals surface area contributed by atoms with Crippen molar-refractivity contribution in [2.45, 2.75) is 25.3 Å². The highest BCUT2D eigenvalue weighted by atomic mass is 35.5. The van der Waals surface area contributed by atoms with Crippen molar-refractivity contribution in [3.63, 3.8) is 0 Å². The first-order valence-electron chi connectivity index (χ1n) is 15.9. The Hall–Kier alpha value is -4.34. The minimum Gasteiger partial charge on any atom is -0.369 e. The van der Waals surface area contributed by atoms with Crippen molar-refractivity contribution < 1.29 is 14.0 Å². The molecule has 0 spiro atoms. The summed E-state index contributed by atoms with van der Waals surface area (Å²) >= 11 is 12.7. The van der Waals surface area contributed by atoms with Crippen LogP contribution in [0.3, 0.4) is 0 Å². The molecular weight excluding hydrogens is 640 g/mol. The van der Waals surface area contributed by atoms with Gasteiger partial charge in [0.15, 0.2) is 0 Å². The van der Waals surface area contributed by atoms with Gasteiger partial charge in [-0.25, -0.2) is 4.39 Å². The van der Waals surface area contributed by atoms with Crippen LogP contribution in [0.5, 0.6) is 0 Å². The van der Waals surface area contributed by atoms with Crippen molar-refractivity contribution in [1.29, 1.82) is 0 Å². The third-order valence-electron chi connectivity index (χ3n) is 9.50. The molecule has 2 bridgehead atoms. The van der Waals surface area contributed by atoms with Gasteiger partial charge < -0.3 is 24.6 Å². The van der Waals surface area contributed by atoms with Gasteiger partial charge in [-0.1, -0.05) is 47.5 Å². The maximum Gasteiger partial charge on any atom is 0.254 e. The molecule has 3 aromatic carbocycles. The summed E-state index contributed by atoms with van der Waals surface area (Å²) in [5.41, 5.74) is 3.80. The second-order valence-corrected chi connectivity index (χ2v) is 13.3. The summed E-state index contributed by atoms with van der Waals surface area (Å²) in [7, 11) is 0. The van der Waals surface area contributed by atoms with E-state index in [9.17, 15) is 18.8 Å². The first-order chi connectivity index (χ1) is 22.7. The maximum absolute atomic E-state index is 14.6. The Bertz CT molecular complexity index is 1890. The molecule has 2 atom stereocenters. The number of nitrogens with one attached hydrogen (secondary N) is 1. The smallest absolute Gasteiger partial charge is 0.254 e. The number of piperazine rings is 1. The number of anilines is 3. The van der Waals surface area contributed by atoms with Crippen molar-refractivity contribution in [1.82, 2.24) is 9.47 Å². The number of amides is 2. The van der Waals surface area contributed by atoms with E-state index in [1.54, 1.807) is 18.2 Å². The van der Waals surface area contributed by atoms with Crippen LogP contribution in [0.15, 0.2) is 83.7 Å². The zero-order valence-electron chi connectivity index (χ0n) is 25.7. The van der Waals surface area contributed by atoms with Crippen LogP contribution in [-0.4, -0.2) is 60.5 Å². The van der Waals surface area contributed by atoms with Gasteiger partial charge in [0.2, 0.25) is 5.91 Å². The summed E-state index contributed by atoms with van der Waals surface area (Å²) < 4.78 is 16.5. The van der Waals surface area contributed by atoms with E-state index >= 15 is 0 Å². The van der Waals surface area contributed by atoms with Crippen molar-refractivity contribution in [3.8, 4) is 0 Å². The molecule has 7 rings (SSSR count). The Balaban J connectivity index is 1.15. The van der Waals surface area contributed by atoms with E-state index in [2.05, 4.69) is 15.1 Å². The highest BCUT2D eigenvalue weighted by Gasteiger charge is 2.35. The lowest BCUT2D eigenvalue weighted by Crippen LogP contribution is -2.49. The number of carbonyl (C=O) groups is 2. The van der Waals surface area contributed by atoms with Gasteiger partial charge in [0.1, 0.15) is 5.82 Å². The van der Waals surface area contributed by atoms with Crippen LogP contribution in [0.25, 0.3) is 0 Å². The third-order valence-corrected chi connectivity index (χ3v) is 10.2. The average molecular weight is 675 g/mol. The molecule has 2 saturated heterocycles. The standard InChI is InChI=1S/C36H34Cl2FN5O3/c37-27-6-3-7-29(39)26(27)19-34(45)40-30-18-24(36(47)42-15-13-41(14-16-42)32-8-2-1-5-28(32)38)11-12-33(30)43-20-23-17-25(22-43)31-9-4-10-35(46)44(31)21-23/h1-12,18,23,25H,13-17,19-22H2,(H,40,45)/t23-,25+/m1/s1. The number of fused-ring (bicyclic) bond motifs is 4. The van der Waals surface area contributed by atoms with Crippen LogP contribution in [0.2, 0.25) is 10.0 Å². The summed E-state index contributed by atoms with van der Waals surface area (Å²) in [6.07, 6.45) is 0.721. The van der Waals surface area contributed by atoms with Crippen molar-refractivity contribution in [2.75, 3.05) is 54.4 Å². The molecule has 242 valence electrons. The molecule has 47 heavy (non-hydrogen) atoms. The number of hydrogen-bond donors (Lipinski definition) is 1. The van der Waals surface area contributed by atoms with Crippen LogP contribution in [0.4, 0.5) is 21.5 Å². The molecule has 11 heteroatoms. The second-order valence-electron chi connectivity index (χ2n) is 12.5. The molecule has 3 aliphatic heterocycles. The zero-order chi connectivity index (χ0) is 32.7. The first-order valence-corrected chi connectivity index (χ1v) is 16.6. The predicted octanol–water partition coefficient (Wildman–Crippen LogP) is 6.06. The number of hydrogen-bond acceptors (Lipinski definition) is 5. The molecule has 2 fully saturated rings. The van der Waals surface area contributed by atoms with Gasteiger partial charge in [0.25, 0.3) is 11.5 Å². The largest absolute Gasteiger partial charge is 0.369 e. The minimum atomic E-state index is -0.550. The fourth-order valence-electron chi connectivity index (χ4n) is 7.24. The molecule has 1 N–H and O–H groups in total. The predicted molar refractivity (Wildman–Crippen MR) is 184 cm³/mol. The zero-order valence-corrected chi connectivity index (χ0v) is 27.2. The summed E-state index contributed by atoms with van der Waals surface area (Å²) in [5.74, 6) is -0.728. The number of rotatable bonds is 6. The van der Waals surface area contributed by atoms with Crippen LogP contribution in [0, 0.1) is 11.7 Å². The summed E-state index contributed by atoms with van der Waals surface area (Å²) in [5, 5.41) is 3.84.